The molecule has 0 spiro atoms. The Morgan fingerprint density at radius 2 is 2.04 bits per heavy atom. The summed E-state index contributed by atoms with van der Waals surface area (Å²) < 4.78 is -1.19. The molecule has 1 saturated carbocycles. The van der Waals surface area contributed by atoms with Crippen LogP contribution in [0.25, 0.3) is 0 Å². The zero-order valence-electron chi connectivity index (χ0n) is 13.2. The lowest BCUT2D eigenvalue weighted by Gasteiger charge is -2.34. The summed E-state index contributed by atoms with van der Waals surface area (Å²) in [7, 11) is 0. The van der Waals surface area contributed by atoms with Crippen molar-refractivity contribution in [3.8, 4) is 0 Å². The van der Waals surface area contributed by atoms with E-state index in [1.165, 1.54) is 11.8 Å². The number of para-hydroxylation sites is 1. The predicted molar refractivity (Wildman–Crippen MR) is 90.3 cm³/mol. The third-order valence-electron chi connectivity index (χ3n) is 4.94. The van der Waals surface area contributed by atoms with Gasteiger partial charge in [0.1, 0.15) is 0 Å². The van der Waals surface area contributed by atoms with Gasteiger partial charge in [-0.3, -0.25) is 9.59 Å². The van der Waals surface area contributed by atoms with Crippen LogP contribution in [0.2, 0.25) is 0 Å². The molecule has 0 saturated heterocycles. The molecule has 2 amide bonds. The number of hydrogen-bond acceptors (Lipinski definition) is 4. The Bertz CT molecular complexity index is 628. The zero-order valence-corrected chi connectivity index (χ0v) is 14.0. The zero-order chi connectivity index (χ0) is 16.5. The Morgan fingerprint density at radius 1 is 1.35 bits per heavy atom. The number of carbonyl (C=O) groups is 2. The van der Waals surface area contributed by atoms with Gasteiger partial charge in [-0.25, -0.2) is 0 Å². The lowest BCUT2D eigenvalue weighted by Crippen LogP contribution is -2.54. The second-order valence-electron chi connectivity index (χ2n) is 6.63. The number of aliphatic hydroxyl groups is 1. The molecule has 3 rings (SSSR count). The van der Waals surface area contributed by atoms with Gasteiger partial charge in [0.05, 0.1) is 12.3 Å². The van der Waals surface area contributed by atoms with Crippen molar-refractivity contribution in [2.24, 2.45) is 5.41 Å². The number of hydrogen-bond donors (Lipinski definition) is 3. The standard InChI is InChI=1S/C17H22N2O3S/c1-16(14(21)18-10-17(11-20)8-4-5-9-17)15(22)19-12-6-2-3-7-13(12)23-16/h2-3,6-7,20H,4-5,8-11H2,1H3,(H,18,21)(H,19,22). The summed E-state index contributed by atoms with van der Waals surface area (Å²) in [6.07, 6.45) is 4.00. The molecule has 124 valence electrons. The normalized spacial score (nSPS) is 25.6. The number of carbonyl (C=O) groups excluding carboxylic acids is 2. The number of rotatable bonds is 4. The van der Waals surface area contributed by atoms with Crippen molar-refractivity contribution in [1.29, 1.82) is 0 Å². The fraction of sp³-hybridized carbons (Fsp3) is 0.529. The van der Waals surface area contributed by atoms with Crippen LogP contribution >= 0.6 is 11.8 Å². The summed E-state index contributed by atoms with van der Waals surface area (Å²) in [6, 6.07) is 7.47. The molecule has 23 heavy (non-hydrogen) atoms. The molecular formula is C17H22N2O3S. The van der Waals surface area contributed by atoms with Gasteiger partial charge in [-0.05, 0) is 31.9 Å². The van der Waals surface area contributed by atoms with Crippen molar-refractivity contribution >= 4 is 29.3 Å². The second kappa shape index (κ2) is 6.17. The molecule has 1 unspecified atom stereocenters. The van der Waals surface area contributed by atoms with Crippen LogP contribution in [0.15, 0.2) is 29.2 Å². The van der Waals surface area contributed by atoms with E-state index in [1.54, 1.807) is 6.92 Å². The van der Waals surface area contributed by atoms with Crippen LogP contribution in [0.5, 0.6) is 0 Å². The number of thioether (sulfide) groups is 1. The average molecular weight is 334 g/mol. The number of amides is 2. The van der Waals surface area contributed by atoms with E-state index >= 15 is 0 Å². The first-order valence-electron chi connectivity index (χ1n) is 7.98. The monoisotopic (exact) mass is 334 g/mol. The summed E-state index contributed by atoms with van der Waals surface area (Å²) in [4.78, 5) is 26.0. The highest BCUT2D eigenvalue weighted by atomic mass is 32.2. The first-order chi connectivity index (χ1) is 11.0. The second-order valence-corrected chi connectivity index (χ2v) is 8.09. The summed E-state index contributed by atoms with van der Waals surface area (Å²) in [5, 5.41) is 15.4. The smallest absolute Gasteiger partial charge is 0.250 e. The molecule has 6 heteroatoms. The van der Waals surface area contributed by atoms with Gasteiger partial charge in [-0.1, -0.05) is 36.7 Å². The quantitative estimate of drug-likeness (QED) is 0.737. The Balaban J connectivity index is 1.72. The van der Waals surface area contributed by atoms with E-state index in [0.29, 0.717) is 6.54 Å². The molecule has 1 aliphatic carbocycles. The molecule has 1 heterocycles. The van der Waals surface area contributed by atoms with Crippen LogP contribution < -0.4 is 10.6 Å². The molecule has 0 radical (unpaired) electrons. The molecule has 5 nitrogen and oxygen atoms in total. The topological polar surface area (TPSA) is 78.4 Å². The van der Waals surface area contributed by atoms with E-state index in [9.17, 15) is 14.7 Å². The van der Waals surface area contributed by atoms with Crippen LogP contribution in [0.3, 0.4) is 0 Å². The minimum atomic E-state index is -1.19. The molecule has 1 aromatic carbocycles. The highest BCUT2D eigenvalue weighted by Gasteiger charge is 2.46. The van der Waals surface area contributed by atoms with Crippen LogP contribution in [-0.2, 0) is 9.59 Å². The molecule has 0 bridgehead atoms. The maximum absolute atomic E-state index is 12.7. The van der Waals surface area contributed by atoms with Crippen LogP contribution in [0.1, 0.15) is 32.6 Å². The summed E-state index contributed by atoms with van der Waals surface area (Å²) in [6.45, 7) is 2.15. The number of nitrogens with one attached hydrogen (secondary N) is 2. The third-order valence-corrected chi connectivity index (χ3v) is 6.29. The first-order valence-corrected chi connectivity index (χ1v) is 8.79. The fourth-order valence-electron chi connectivity index (χ4n) is 3.27. The van der Waals surface area contributed by atoms with E-state index < -0.39 is 4.75 Å². The summed E-state index contributed by atoms with van der Waals surface area (Å²) >= 11 is 1.28. The molecule has 3 N–H and O–H groups in total. The highest BCUT2D eigenvalue weighted by Crippen LogP contribution is 2.43. The number of fused-ring (bicyclic) bond motifs is 1. The number of benzene rings is 1. The van der Waals surface area contributed by atoms with Gasteiger partial charge in [0.25, 0.3) is 0 Å². The maximum atomic E-state index is 12.7. The van der Waals surface area contributed by atoms with Crippen molar-refractivity contribution in [2.75, 3.05) is 18.5 Å². The van der Waals surface area contributed by atoms with Gasteiger partial charge < -0.3 is 15.7 Å². The van der Waals surface area contributed by atoms with Crippen LogP contribution in [0, 0.1) is 5.41 Å². The predicted octanol–water partition coefficient (Wildman–Crippen LogP) is 2.16. The molecule has 1 atom stereocenters. The largest absolute Gasteiger partial charge is 0.396 e. The summed E-state index contributed by atoms with van der Waals surface area (Å²) in [5.74, 6) is -0.600. The van der Waals surface area contributed by atoms with E-state index in [1.807, 2.05) is 24.3 Å². The van der Waals surface area contributed by atoms with Crippen molar-refractivity contribution in [2.45, 2.75) is 42.2 Å². The van der Waals surface area contributed by atoms with Crippen LogP contribution in [0.4, 0.5) is 5.69 Å². The molecule has 2 aliphatic rings. The molecule has 1 aromatic rings. The Labute approximate surface area is 140 Å². The Kier molecular flexibility index (Phi) is 4.38. The average Bonchev–Trinajstić information content (AvgIpc) is 3.03. The number of anilines is 1. The Morgan fingerprint density at radius 3 is 2.74 bits per heavy atom. The minimum absolute atomic E-state index is 0.0756. The van der Waals surface area contributed by atoms with Gasteiger partial charge in [0.2, 0.25) is 11.8 Å². The SMILES string of the molecule is CC1(C(=O)NCC2(CO)CCCC2)Sc2ccccc2NC1=O. The minimum Gasteiger partial charge on any atom is -0.396 e. The fourth-order valence-corrected chi connectivity index (χ4v) is 4.39. The van der Waals surface area contributed by atoms with E-state index in [0.717, 1.165) is 36.3 Å². The van der Waals surface area contributed by atoms with Crippen molar-refractivity contribution in [3.63, 3.8) is 0 Å². The molecule has 1 aliphatic heterocycles. The maximum Gasteiger partial charge on any atom is 0.250 e. The van der Waals surface area contributed by atoms with Gasteiger partial charge in [-0.15, -0.1) is 0 Å². The molecular weight excluding hydrogens is 312 g/mol. The van der Waals surface area contributed by atoms with E-state index in [4.69, 9.17) is 0 Å². The van der Waals surface area contributed by atoms with Gasteiger partial charge in [0, 0.05) is 16.9 Å². The van der Waals surface area contributed by atoms with Crippen molar-refractivity contribution < 1.29 is 14.7 Å². The van der Waals surface area contributed by atoms with E-state index in [-0.39, 0.29) is 23.8 Å². The summed E-state index contributed by atoms with van der Waals surface area (Å²) in [5.41, 5.74) is 0.523. The number of aliphatic hydroxyl groups excluding tert-OH is 1. The first kappa shape index (κ1) is 16.3. The van der Waals surface area contributed by atoms with E-state index in [2.05, 4.69) is 10.6 Å². The van der Waals surface area contributed by atoms with Crippen molar-refractivity contribution in [1.82, 2.24) is 5.32 Å². The van der Waals surface area contributed by atoms with Crippen LogP contribution in [-0.4, -0.2) is 34.8 Å². The lowest BCUT2D eigenvalue weighted by molar-refractivity contribution is -0.130. The van der Waals surface area contributed by atoms with Gasteiger partial charge in [0.15, 0.2) is 4.75 Å². The van der Waals surface area contributed by atoms with Gasteiger partial charge in [-0.2, -0.15) is 0 Å². The molecule has 1 fully saturated rings. The highest BCUT2D eigenvalue weighted by molar-refractivity contribution is 8.02. The third kappa shape index (κ3) is 2.97. The van der Waals surface area contributed by atoms with Crippen molar-refractivity contribution in [3.05, 3.63) is 24.3 Å². The molecule has 0 aromatic heterocycles. The lowest BCUT2D eigenvalue weighted by atomic mass is 9.87. The van der Waals surface area contributed by atoms with Gasteiger partial charge >= 0.3 is 0 Å². The Hall–Kier alpha value is -1.53.